The molecule has 4 rings (SSSR count). The van der Waals surface area contributed by atoms with E-state index in [4.69, 9.17) is 4.98 Å². The van der Waals surface area contributed by atoms with E-state index in [-0.39, 0.29) is 12.4 Å². The minimum atomic E-state index is -3.51. The van der Waals surface area contributed by atoms with Crippen molar-refractivity contribution in [2.45, 2.75) is 44.4 Å². The summed E-state index contributed by atoms with van der Waals surface area (Å²) in [7, 11) is -3.51. The summed E-state index contributed by atoms with van der Waals surface area (Å²) >= 11 is 1.57. The van der Waals surface area contributed by atoms with Crippen LogP contribution in [0.1, 0.15) is 33.6 Å². The predicted molar refractivity (Wildman–Crippen MR) is 136 cm³/mol. The number of benzene rings is 1. The minimum absolute atomic E-state index is 0. The quantitative estimate of drug-likeness (QED) is 0.396. The number of hydrogen-bond donors (Lipinski definition) is 4. The largest absolute Gasteiger partial charge is 0.351 e. The molecule has 3 heterocycles. The molecule has 2 aromatic heterocycles. The first kappa shape index (κ1) is 24.5. The van der Waals surface area contributed by atoms with Gasteiger partial charge in [-0.25, -0.2) is 13.4 Å². The van der Waals surface area contributed by atoms with Crippen LogP contribution in [-0.4, -0.2) is 42.3 Å². The first-order chi connectivity index (χ1) is 14.7. The van der Waals surface area contributed by atoms with Crippen LogP contribution in [0.15, 0.2) is 35.7 Å². The maximum absolute atomic E-state index is 12.5. The molecule has 32 heavy (non-hydrogen) atoms. The second kappa shape index (κ2) is 9.78. The van der Waals surface area contributed by atoms with Crippen molar-refractivity contribution in [1.82, 2.24) is 15.3 Å². The van der Waals surface area contributed by atoms with Gasteiger partial charge in [0.25, 0.3) is 0 Å². The van der Waals surface area contributed by atoms with Crippen molar-refractivity contribution in [2.24, 2.45) is 0 Å². The predicted octanol–water partition coefficient (Wildman–Crippen LogP) is 4.56. The van der Waals surface area contributed by atoms with Crippen LogP contribution in [-0.2, 0) is 10.0 Å². The Balaban J connectivity index is 0.00000289. The fourth-order valence-electron chi connectivity index (χ4n) is 3.27. The zero-order valence-electron chi connectivity index (χ0n) is 18.3. The van der Waals surface area contributed by atoms with Gasteiger partial charge in [0.2, 0.25) is 16.0 Å². The van der Waals surface area contributed by atoms with Gasteiger partial charge in [-0.05, 0) is 76.3 Å². The number of nitrogens with one attached hydrogen (secondary N) is 4. The van der Waals surface area contributed by atoms with Gasteiger partial charge in [-0.15, -0.1) is 23.7 Å². The van der Waals surface area contributed by atoms with Crippen molar-refractivity contribution < 1.29 is 8.42 Å². The average Bonchev–Trinajstić information content (AvgIpc) is 3.17. The van der Waals surface area contributed by atoms with Crippen LogP contribution in [0.5, 0.6) is 0 Å². The molecule has 1 aliphatic rings. The Morgan fingerprint density at radius 3 is 2.53 bits per heavy atom. The van der Waals surface area contributed by atoms with Crippen molar-refractivity contribution in [3.63, 3.8) is 0 Å². The molecule has 0 atom stereocenters. The van der Waals surface area contributed by atoms with Crippen molar-refractivity contribution in [2.75, 3.05) is 28.4 Å². The van der Waals surface area contributed by atoms with Gasteiger partial charge >= 0.3 is 0 Å². The number of fused-ring (bicyclic) bond motifs is 1. The molecule has 8 nitrogen and oxygen atoms in total. The third-order valence-corrected chi connectivity index (χ3v) is 8.10. The second-order valence-corrected chi connectivity index (χ2v) is 12.0. The lowest BCUT2D eigenvalue weighted by molar-refractivity contribution is 0.477. The number of thiophene rings is 1. The van der Waals surface area contributed by atoms with E-state index >= 15 is 0 Å². The van der Waals surface area contributed by atoms with Crippen molar-refractivity contribution >= 4 is 67.1 Å². The number of aromatic nitrogens is 2. The lowest BCUT2D eigenvalue weighted by atomic mass is 10.1. The van der Waals surface area contributed by atoms with Crippen LogP contribution in [0.25, 0.3) is 10.2 Å². The van der Waals surface area contributed by atoms with Crippen LogP contribution < -0.4 is 20.7 Å². The first-order valence-corrected chi connectivity index (χ1v) is 12.7. The molecule has 0 saturated carbocycles. The van der Waals surface area contributed by atoms with Crippen LogP contribution in [0, 0.1) is 0 Å². The molecule has 1 aromatic carbocycles. The van der Waals surface area contributed by atoms with Gasteiger partial charge in [0, 0.05) is 11.7 Å². The van der Waals surface area contributed by atoms with Gasteiger partial charge in [-0.1, -0.05) is 6.07 Å². The molecule has 4 N–H and O–H groups in total. The smallest absolute Gasteiger partial charge is 0.237 e. The lowest BCUT2D eigenvalue weighted by Crippen LogP contribution is -2.35. The Kier molecular flexibility index (Phi) is 7.49. The van der Waals surface area contributed by atoms with Gasteiger partial charge < -0.3 is 16.0 Å². The number of rotatable bonds is 6. The highest BCUT2D eigenvalue weighted by molar-refractivity contribution is 7.94. The van der Waals surface area contributed by atoms with E-state index in [1.54, 1.807) is 44.2 Å². The monoisotopic (exact) mass is 496 g/mol. The Labute approximate surface area is 199 Å². The molecule has 174 valence electrons. The number of anilines is 4. The number of nitrogens with zero attached hydrogens (tertiary/aromatic N) is 2. The summed E-state index contributed by atoms with van der Waals surface area (Å²) in [6, 6.07) is 9.53. The summed E-state index contributed by atoms with van der Waals surface area (Å²) < 4.78 is 26.8. The standard InChI is InChI=1S/C21H28N6O2S2.ClH/c1-21(2,3)31(28,29)27-16-6-4-5-15(13-16)23-18-17-9-12-30-19(17)26-20(25-18)24-14-7-10-22-11-8-14;/h4-6,9,12-14,22,27H,7-8,10-11H2,1-3H3,(H2,23,24,25,26);1H. The Morgan fingerprint density at radius 1 is 1.09 bits per heavy atom. The lowest BCUT2D eigenvalue weighted by Gasteiger charge is -2.24. The molecule has 0 aliphatic carbocycles. The molecule has 11 heteroatoms. The minimum Gasteiger partial charge on any atom is -0.351 e. The van der Waals surface area contributed by atoms with E-state index in [0.717, 1.165) is 41.8 Å². The third-order valence-electron chi connectivity index (χ3n) is 5.18. The first-order valence-electron chi connectivity index (χ1n) is 10.3. The molecule has 0 amide bonds. The van der Waals surface area contributed by atoms with Crippen LogP contribution in [0.3, 0.4) is 0 Å². The van der Waals surface area contributed by atoms with Gasteiger partial charge in [-0.2, -0.15) is 4.98 Å². The SMILES string of the molecule is CC(C)(C)S(=O)(=O)Nc1cccc(Nc2nc(NC3CCNCC3)nc3sccc23)c1.Cl. The summed E-state index contributed by atoms with van der Waals surface area (Å²) in [5.74, 6) is 1.30. The zero-order valence-corrected chi connectivity index (χ0v) is 20.8. The molecular weight excluding hydrogens is 468 g/mol. The van der Waals surface area contributed by atoms with Gasteiger partial charge in [0.05, 0.1) is 15.8 Å². The molecule has 1 saturated heterocycles. The highest BCUT2D eigenvalue weighted by atomic mass is 35.5. The number of piperidine rings is 1. The van der Waals surface area contributed by atoms with E-state index in [1.165, 1.54) is 0 Å². The maximum Gasteiger partial charge on any atom is 0.237 e. The number of sulfonamides is 1. The van der Waals surface area contributed by atoms with E-state index in [9.17, 15) is 8.42 Å². The van der Waals surface area contributed by atoms with Crippen molar-refractivity contribution in [1.29, 1.82) is 0 Å². The molecule has 1 fully saturated rings. The topological polar surface area (TPSA) is 108 Å². The highest BCUT2D eigenvalue weighted by Gasteiger charge is 2.28. The van der Waals surface area contributed by atoms with E-state index < -0.39 is 14.8 Å². The summed E-state index contributed by atoms with van der Waals surface area (Å²) in [4.78, 5) is 10.3. The maximum atomic E-state index is 12.5. The molecular formula is C21H29ClN6O2S2. The summed E-state index contributed by atoms with van der Waals surface area (Å²) in [5, 5.41) is 13.1. The van der Waals surface area contributed by atoms with Crippen molar-refractivity contribution in [3.8, 4) is 0 Å². The zero-order chi connectivity index (χ0) is 22.1. The molecule has 0 radical (unpaired) electrons. The van der Waals surface area contributed by atoms with Crippen molar-refractivity contribution in [3.05, 3.63) is 35.7 Å². The van der Waals surface area contributed by atoms with Gasteiger partial charge in [-0.3, -0.25) is 4.72 Å². The van der Waals surface area contributed by atoms with Crippen LogP contribution in [0.4, 0.5) is 23.1 Å². The molecule has 0 bridgehead atoms. The molecule has 0 unspecified atom stereocenters. The van der Waals surface area contributed by atoms with E-state index in [1.807, 2.05) is 23.6 Å². The van der Waals surface area contributed by atoms with Crippen LogP contribution in [0.2, 0.25) is 0 Å². The van der Waals surface area contributed by atoms with E-state index in [2.05, 4.69) is 25.7 Å². The second-order valence-electron chi connectivity index (χ2n) is 8.63. The Hall–Kier alpha value is -2.14. The Morgan fingerprint density at radius 2 is 1.81 bits per heavy atom. The molecule has 1 aliphatic heterocycles. The average molecular weight is 497 g/mol. The molecule has 3 aromatic rings. The summed E-state index contributed by atoms with van der Waals surface area (Å²) in [5.41, 5.74) is 1.25. The highest BCUT2D eigenvalue weighted by Crippen LogP contribution is 2.30. The van der Waals surface area contributed by atoms with Gasteiger partial charge in [0.1, 0.15) is 10.6 Å². The molecule has 0 spiro atoms. The Bertz CT molecular complexity index is 1170. The number of halogens is 1. The normalized spacial score (nSPS) is 15.2. The van der Waals surface area contributed by atoms with E-state index in [0.29, 0.717) is 23.5 Å². The fraction of sp³-hybridized carbons (Fsp3) is 0.429. The van der Waals surface area contributed by atoms with Crippen LogP contribution >= 0.6 is 23.7 Å². The third kappa shape index (κ3) is 5.61. The van der Waals surface area contributed by atoms with Gasteiger partial charge in [0.15, 0.2) is 0 Å². The fourth-order valence-corrected chi connectivity index (χ4v) is 4.78. The summed E-state index contributed by atoms with van der Waals surface area (Å²) in [6.45, 7) is 6.98. The number of hydrogen-bond acceptors (Lipinski definition) is 8. The summed E-state index contributed by atoms with van der Waals surface area (Å²) in [6.07, 6.45) is 2.06.